The molecule has 1 unspecified atom stereocenters. The number of halogens is 2. The van der Waals surface area contributed by atoms with Gasteiger partial charge in [-0.25, -0.2) is 0 Å². The molecule has 0 aliphatic carbocycles. The molecule has 2 rings (SSSR count). The molecular formula is C21H23F2NO3. The van der Waals surface area contributed by atoms with Crippen LogP contribution in [0.25, 0.3) is 6.08 Å². The predicted octanol–water partition coefficient (Wildman–Crippen LogP) is 4.80. The van der Waals surface area contributed by atoms with Gasteiger partial charge in [0.15, 0.2) is 11.5 Å². The maximum absolute atomic E-state index is 12.4. The molecule has 2 aromatic rings. The first-order valence-electron chi connectivity index (χ1n) is 8.48. The molecule has 1 N–H and O–H groups in total. The minimum absolute atomic E-state index is 0.0577. The van der Waals surface area contributed by atoms with Crippen molar-refractivity contribution in [3.8, 4) is 11.5 Å². The van der Waals surface area contributed by atoms with E-state index in [1.165, 1.54) is 25.3 Å². The highest BCUT2D eigenvalue weighted by Gasteiger charge is 2.12. The van der Waals surface area contributed by atoms with Crippen molar-refractivity contribution in [2.45, 2.75) is 33.4 Å². The third-order valence-electron chi connectivity index (χ3n) is 4.09. The molecule has 0 aliphatic rings. The van der Waals surface area contributed by atoms with E-state index in [9.17, 15) is 13.6 Å². The van der Waals surface area contributed by atoms with Gasteiger partial charge in [-0.2, -0.15) is 8.78 Å². The van der Waals surface area contributed by atoms with Crippen molar-refractivity contribution in [2.24, 2.45) is 0 Å². The summed E-state index contributed by atoms with van der Waals surface area (Å²) in [7, 11) is 1.36. The lowest BCUT2D eigenvalue weighted by Crippen LogP contribution is -2.25. The van der Waals surface area contributed by atoms with E-state index in [4.69, 9.17) is 4.74 Å². The van der Waals surface area contributed by atoms with Crippen molar-refractivity contribution in [3.05, 3.63) is 64.7 Å². The van der Waals surface area contributed by atoms with Gasteiger partial charge in [0.1, 0.15) is 0 Å². The molecule has 0 aromatic heterocycles. The normalized spacial score (nSPS) is 12.3. The van der Waals surface area contributed by atoms with Crippen molar-refractivity contribution in [1.29, 1.82) is 0 Å². The Balaban J connectivity index is 2.06. The maximum Gasteiger partial charge on any atom is 0.387 e. The third-order valence-corrected chi connectivity index (χ3v) is 4.09. The molecule has 0 heterocycles. The Bertz CT molecular complexity index is 834. The summed E-state index contributed by atoms with van der Waals surface area (Å²) < 4.78 is 34.1. The van der Waals surface area contributed by atoms with Gasteiger partial charge in [0.2, 0.25) is 5.91 Å². The molecule has 0 radical (unpaired) electrons. The highest BCUT2D eigenvalue weighted by molar-refractivity contribution is 5.92. The first kappa shape index (κ1) is 20.4. The van der Waals surface area contributed by atoms with Crippen LogP contribution in [-0.2, 0) is 4.79 Å². The molecule has 0 spiro atoms. The zero-order chi connectivity index (χ0) is 20.0. The molecule has 1 atom stereocenters. The van der Waals surface area contributed by atoms with Gasteiger partial charge in [0.05, 0.1) is 13.2 Å². The number of ether oxygens (including phenoxy) is 2. The summed E-state index contributed by atoms with van der Waals surface area (Å²) in [5, 5.41) is 2.92. The van der Waals surface area contributed by atoms with Crippen LogP contribution in [0.4, 0.5) is 8.78 Å². The van der Waals surface area contributed by atoms with Gasteiger partial charge in [-0.1, -0.05) is 29.8 Å². The highest BCUT2D eigenvalue weighted by Crippen LogP contribution is 2.29. The van der Waals surface area contributed by atoms with Crippen LogP contribution in [0.1, 0.15) is 35.2 Å². The van der Waals surface area contributed by atoms with Gasteiger partial charge in [0, 0.05) is 6.08 Å². The van der Waals surface area contributed by atoms with Gasteiger partial charge >= 0.3 is 6.61 Å². The zero-order valence-electron chi connectivity index (χ0n) is 15.8. The summed E-state index contributed by atoms with van der Waals surface area (Å²) in [5.74, 6) is -0.144. The van der Waals surface area contributed by atoms with Crippen molar-refractivity contribution >= 4 is 12.0 Å². The number of carbonyl (C=O) groups is 1. The van der Waals surface area contributed by atoms with Gasteiger partial charge in [-0.15, -0.1) is 0 Å². The molecule has 4 nitrogen and oxygen atoms in total. The number of rotatable bonds is 7. The number of amides is 1. The fourth-order valence-corrected chi connectivity index (χ4v) is 2.72. The fraction of sp³-hybridized carbons (Fsp3) is 0.286. The predicted molar refractivity (Wildman–Crippen MR) is 101 cm³/mol. The zero-order valence-corrected chi connectivity index (χ0v) is 15.8. The number of hydrogen-bond acceptors (Lipinski definition) is 3. The first-order chi connectivity index (χ1) is 12.8. The van der Waals surface area contributed by atoms with Crippen LogP contribution >= 0.6 is 0 Å². The number of methoxy groups -OCH3 is 1. The number of aryl methyl sites for hydroxylation is 2. The quantitative estimate of drug-likeness (QED) is 0.707. The fourth-order valence-electron chi connectivity index (χ4n) is 2.72. The van der Waals surface area contributed by atoms with E-state index in [2.05, 4.69) is 16.1 Å². The molecule has 1 amide bonds. The Kier molecular flexibility index (Phi) is 6.93. The SMILES string of the molecule is COc1cc(/C=C/C(=O)NC(C)c2cc(C)ccc2C)ccc1OC(F)F. The Morgan fingerprint density at radius 3 is 2.52 bits per heavy atom. The van der Waals surface area contributed by atoms with Crippen molar-refractivity contribution in [1.82, 2.24) is 5.32 Å². The number of benzene rings is 2. The maximum atomic E-state index is 12.4. The van der Waals surface area contributed by atoms with E-state index in [0.29, 0.717) is 5.56 Å². The van der Waals surface area contributed by atoms with Crippen LogP contribution in [0.15, 0.2) is 42.5 Å². The molecule has 27 heavy (non-hydrogen) atoms. The minimum atomic E-state index is -2.93. The van der Waals surface area contributed by atoms with Crippen LogP contribution in [0.2, 0.25) is 0 Å². The highest BCUT2D eigenvalue weighted by atomic mass is 19.3. The lowest BCUT2D eigenvalue weighted by Gasteiger charge is -2.16. The van der Waals surface area contributed by atoms with Crippen LogP contribution in [0.5, 0.6) is 11.5 Å². The second-order valence-electron chi connectivity index (χ2n) is 6.21. The van der Waals surface area contributed by atoms with Crippen LogP contribution in [-0.4, -0.2) is 19.6 Å². The first-order valence-corrected chi connectivity index (χ1v) is 8.48. The standard InChI is InChI=1S/C21H23F2NO3/c1-13-5-6-14(2)17(11-13)15(3)24-20(25)10-8-16-7-9-18(27-21(22)23)19(12-16)26-4/h5-12,15,21H,1-4H3,(H,24,25)/b10-8+. The Morgan fingerprint density at radius 2 is 1.85 bits per heavy atom. The van der Waals surface area contributed by atoms with Crippen LogP contribution in [0.3, 0.4) is 0 Å². The van der Waals surface area contributed by atoms with E-state index < -0.39 is 6.61 Å². The molecular weight excluding hydrogens is 352 g/mol. The summed E-state index contributed by atoms with van der Waals surface area (Å²) in [5.41, 5.74) is 3.93. The van der Waals surface area contributed by atoms with E-state index in [1.54, 1.807) is 12.1 Å². The van der Waals surface area contributed by atoms with Crippen LogP contribution in [0, 0.1) is 13.8 Å². The number of nitrogens with one attached hydrogen (secondary N) is 1. The van der Waals surface area contributed by atoms with Gasteiger partial charge in [-0.3, -0.25) is 4.79 Å². The molecule has 0 saturated carbocycles. The molecule has 0 bridgehead atoms. The lowest BCUT2D eigenvalue weighted by molar-refractivity contribution is -0.117. The van der Waals surface area contributed by atoms with E-state index in [0.717, 1.165) is 16.7 Å². The summed E-state index contributed by atoms with van der Waals surface area (Å²) in [6, 6.07) is 10.4. The van der Waals surface area contributed by atoms with E-state index >= 15 is 0 Å². The minimum Gasteiger partial charge on any atom is -0.493 e. The Hall–Kier alpha value is -2.89. The third kappa shape index (κ3) is 5.81. The summed E-state index contributed by atoms with van der Waals surface area (Å²) in [4.78, 5) is 12.2. The van der Waals surface area contributed by atoms with E-state index in [1.807, 2.05) is 32.9 Å². The van der Waals surface area contributed by atoms with Gasteiger partial charge in [-0.05, 0) is 55.7 Å². The number of carbonyl (C=O) groups excluding carboxylic acids is 1. The van der Waals surface area contributed by atoms with Gasteiger partial charge in [0.25, 0.3) is 0 Å². The second kappa shape index (κ2) is 9.16. The summed E-state index contributed by atoms with van der Waals surface area (Å²) >= 11 is 0. The van der Waals surface area contributed by atoms with E-state index in [-0.39, 0.29) is 23.4 Å². The average Bonchev–Trinajstić information content (AvgIpc) is 2.62. The molecule has 0 saturated heterocycles. The van der Waals surface area contributed by atoms with Gasteiger partial charge < -0.3 is 14.8 Å². The molecule has 0 fully saturated rings. The smallest absolute Gasteiger partial charge is 0.387 e. The molecule has 0 aliphatic heterocycles. The number of alkyl halides is 2. The monoisotopic (exact) mass is 375 g/mol. The second-order valence-corrected chi connectivity index (χ2v) is 6.21. The molecule has 6 heteroatoms. The number of hydrogen-bond donors (Lipinski definition) is 1. The summed E-state index contributed by atoms with van der Waals surface area (Å²) in [6.07, 6.45) is 2.98. The average molecular weight is 375 g/mol. The van der Waals surface area contributed by atoms with Crippen molar-refractivity contribution in [3.63, 3.8) is 0 Å². The van der Waals surface area contributed by atoms with Crippen LogP contribution < -0.4 is 14.8 Å². The lowest BCUT2D eigenvalue weighted by atomic mass is 10.00. The molecule has 2 aromatic carbocycles. The molecule has 144 valence electrons. The Labute approximate surface area is 157 Å². The topological polar surface area (TPSA) is 47.6 Å². The van der Waals surface area contributed by atoms with Crippen molar-refractivity contribution in [2.75, 3.05) is 7.11 Å². The largest absolute Gasteiger partial charge is 0.493 e. The summed E-state index contributed by atoms with van der Waals surface area (Å²) in [6.45, 7) is 3.00. The van der Waals surface area contributed by atoms with Crippen molar-refractivity contribution < 1.29 is 23.0 Å². The Morgan fingerprint density at radius 1 is 1.11 bits per heavy atom.